The monoisotopic (exact) mass is 435 g/mol. The lowest BCUT2D eigenvalue weighted by Gasteiger charge is -2.10. The average Bonchev–Trinajstić information content (AvgIpc) is 3.08. The van der Waals surface area contributed by atoms with E-state index in [1.54, 1.807) is 0 Å². The maximum Gasteiger partial charge on any atom is 0.169 e. The summed E-state index contributed by atoms with van der Waals surface area (Å²) in [6, 6.07) is 23.4. The van der Waals surface area contributed by atoms with Gasteiger partial charge in [0.05, 0.1) is 5.52 Å². The van der Waals surface area contributed by atoms with Crippen molar-refractivity contribution in [1.29, 1.82) is 0 Å². The van der Waals surface area contributed by atoms with Crippen molar-refractivity contribution in [3.63, 3.8) is 0 Å². The van der Waals surface area contributed by atoms with Crippen molar-refractivity contribution in [2.45, 2.75) is 6.92 Å². The van der Waals surface area contributed by atoms with Gasteiger partial charge < -0.3 is 0 Å². The van der Waals surface area contributed by atoms with E-state index in [-0.39, 0.29) is 0 Å². The number of aromatic nitrogens is 3. The predicted molar refractivity (Wildman–Crippen MR) is 111 cm³/mol. The summed E-state index contributed by atoms with van der Waals surface area (Å²) in [5, 5.41) is 12.6. The van der Waals surface area contributed by atoms with Crippen molar-refractivity contribution in [3.05, 3.63) is 75.9 Å². The molecule has 0 amide bonds. The van der Waals surface area contributed by atoms with Crippen LogP contribution in [0.25, 0.3) is 38.7 Å². The summed E-state index contributed by atoms with van der Waals surface area (Å²) in [5.74, 6) is 0.881. The van der Waals surface area contributed by atoms with E-state index >= 15 is 0 Å². The highest BCUT2D eigenvalue weighted by molar-refractivity contribution is 14.1. The van der Waals surface area contributed by atoms with E-state index in [2.05, 4.69) is 111 Å². The van der Waals surface area contributed by atoms with E-state index in [0.29, 0.717) is 0 Å². The molecule has 0 bridgehead atoms. The van der Waals surface area contributed by atoms with Crippen LogP contribution in [0.1, 0.15) is 5.56 Å². The number of benzene rings is 3. The molecule has 120 valence electrons. The quantitative estimate of drug-likeness (QED) is 0.253. The summed E-state index contributed by atoms with van der Waals surface area (Å²) < 4.78 is 3.39. The molecule has 0 fully saturated rings. The molecule has 0 aliphatic heterocycles. The van der Waals surface area contributed by atoms with Crippen molar-refractivity contribution in [3.8, 4) is 11.4 Å². The number of rotatable bonds is 1. The van der Waals surface area contributed by atoms with Gasteiger partial charge in [0.15, 0.2) is 11.5 Å². The molecule has 3 nitrogen and oxygen atoms in total. The van der Waals surface area contributed by atoms with Crippen LogP contribution in [0.4, 0.5) is 0 Å². The normalized spacial score (nSPS) is 11.6. The van der Waals surface area contributed by atoms with E-state index in [1.807, 2.05) is 0 Å². The lowest BCUT2D eigenvalue weighted by molar-refractivity contribution is 1.12. The van der Waals surface area contributed by atoms with Crippen molar-refractivity contribution in [2.24, 2.45) is 0 Å². The minimum Gasteiger partial charge on any atom is -0.274 e. The molecule has 0 saturated heterocycles. The fourth-order valence-electron chi connectivity index (χ4n) is 3.45. The molecule has 2 aromatic heterocycles. The molecular formula is C21H14IN3. The molecule has 0 aliphatic rings. The molecule has 4 heteroatoms. The molecule has 0 atom stereocenters. The molecule has 5 aromatic rings. The largest absolute Gasteiger partial charge is 0.274 e. The Balaban J connectivity index is 2.00. The van der Waals surface area contributed by atoms with Crippen molar-refractivity contribution in [2.75, 3.05) is 0 Å². The molecular weight excluding hydrogens is 421 g/mol. The molecule has 0 spiro atoms. The fraction of sp³-hybridized carbons (Fsp3) is 0.0476. The average molecular weight is 435 g/mol. The Morgan fingerprint density at radius 2 is 1.56 bits per heavy atom. The maximum atomic E-state index is 4.53. The van der Waals surface area contributed by atoms with Gasteiger partial charge in [-0.15, -0.1) is 10.2 Å². The Labute approximate surface area is 158 Å². The first-order valence-corrected chi connectivity index (χ1v) is 9.22. The Bertz CT molecular complexity index is 1250. The first-order chi connectivity index (χ1) is 12.2. The molecule has 0 saturated carbocycles. The highest BCUT2D eigenvalue weighted by Crippen LogP contribution is 2.32. The molecule has 0 N–H and O–H groups in total. The van der Waals surface area contributed by atoms with Crippen LogP contribution in [0.3, 0.4) is 0 Å². The smallest absolute Gasteiger partial charge is 0.169 e. The van der Waals surface area contributed by atoms with E-state index < -0.39 is 0 Å². The van der Waals surface area contributed by atoms with E-state index in [9.17, 15) is 0 Å². The van der Waals surface area contributed by atoms with E-state index in [4.69, 9.17) is 0 Å². The molecule has 5 rings (SSSR count). The van der Waals surface area contributed by atoms with Gasteiger partial charge in [0.1, 0.15) is 0 Å². The second-order valence-corrected chi connectivity index (χ2v) is 7.50. The summed E-state index contributed by atoms with van der Waals surface area (Å²) in [5.41, 5.74) is 4.37. The molecule has 3 aromatic carbocycles. The lowest BCUT2D eigenvalue weighted by atomic mass is 10.0. The van der Waals surface area contributed by atoms with Gasteiger partial charge in [0, 0.05) is 19.9 Å². The second kappa shape index (κ2) is 5.52. The van der Waals surface area contributed by atoms with Crippen molar-refractivity contribution in [1.82, 2.24) is 14.6 Å². The van der Waals surface area contributed by atoms with Gasteiger partial charge in [-0.3, -0.25) is 4.40 Å². The summed E-state index contributed by atoms with van der Waals surface area (Å²) in [7, 11) is 0. The summed E-state index contributed by atoms with van der Waals surface area (Å²) >= 11 is 2.32. The topological polar surface area (TPSA) is 30.2 Å². The minimum absolute atomic E-state index is 0.881. The van der Waals surface area contributed by atoms with Gasteiger partial charge in [-0.05, 0) is 59.2 Å². The highest BCUT2D eigenvalue weighted by Gasteiger charge is 2.15. The fourth-order valence-corrected chi connectivity index (χ4v) is 3.81. The zero-order chi connectivity index (χ0) is 17.0. The first kappa shape index (κ1) is 14.8. The van der Waals surface area contributed by atoms with Gasteiger partial charge in [0.25, 0.3) is 0 Å². The molecule has 0 aliphatic carbocycles. The zero-order valence-corrected chi connectivity index (χ0v) is 15.7. The Kier molecular flexibility index (Phi) is 3.28. The number of pyridine rings is 1. The van der Waals surface area contributed by atoms with Crippen LogP contribution in [0.5, 0.6) is 0 Å². The third-order valence-corrected chi connectivity index (χ3v) is 5.34. The van der Waals surface area contributed by atoms with Crippen LogP contribution in [0, 0.1) is 10.5 Å². The van der Waals surface area contributed by atoms with Gasteiger partial charge >= 0.3 is 0 Å². The van der Waals surface area contributed by atoms with Crippen LogP contribution in [-0.4, -0.2) is 14.6 Å². The Morgan fingerprint density at radius 1 is 0.800 bits per heavy atom. The number of nitrogens with zero attached hydrogens (tertiary/aromatic N) is 3. The van der Waals surface area contributed by atoms with Gasteiger partial charge in [-0.2, -0.15) is 0 Å². The molecule has 2 heterocycles. The summed E-state index contributed by atoms with van der Waals surface area (Å²) in [6.45, 7) is 2.13. The molecule has 25 heavy (non-hydrogen) atoms. The van der Waals surface area contributed by atoms with Crippen LogP contribution in [0.15, 0.2) is 66.7 Å². The third-order valence-electron chi connectivity index (χ3n) is 4.62. The van der Waals surface area contributed by atoms with Crippen LogP contribution >= 0.6 is 22.6 Å². The van der Waals surface area contributed by atoms with Crippen LogP contribution in [-0.2, 0) is 0 Å². The number of hydrogen-bond acceptors (Lipinski definition) is 2. The SMILES string of the molecule is Cc1ccc2c(c1)c1ccccc1c1nnc(-c3ccc(I)cc3)n21. The number of halogens is 1. The van der Waals surface area contributed by atoms with E-state index in [0.717, 1.165) is 27.9 Å². The lowest BCUT2D eigenvalue weighted by Crippen LogP contribution is -1.94. The minimum atomic E-state index is 0.881. The number of aryl methyl sites for hydroxylation is 1. The summed E-state index contributed by atoms with van der Waals surface area (Å²) in [6.07, 6.45) is 0. The maximum absolute atomic E-state index is 4.53. The Morgan fingerprint density at radius 3 is 2.36 bits per heavy atom. The van der Waals surface area contributed by atoms with Crippen LogP contribution in [0.2, 0.25) is 0 Å². The van der Waals surface area contributed by atoms with Gasteiger partial charge in [0.2, 0.25) is 0 Å². The summed E-state index contributed by atoms with van der Waals surface area (Å²) in [4.78, 5) is 0. The highest BCUT2D eigenvalue weighted by atomic mass is 127. The standard InChI is InChI=1S/C21H14IN3/c1-13-6-11-19-18(12-13)16-4-2-3-5-17(16)21-24-23-20(25(19)21)14-7-9-15(22)10-8-14/h2-12H,1H3. The van der Waals surface area contributed by atoms with Gasteiger partial charge in [-0.25, -0.2) is 0 Å². The second-order valence-electron chi connectivity index (χ2n) is 6.26. The van der Waals surface area contributed by atoms with Crippen molar-refractivity contribution < 1.29 is 0 Å². The molecule has 0 radical (unpaired) electrons. The van der Waals surface area contributed by atoms with Crippen molar-refractivity contribution >= 4 is 49.9 Å². The first-order valence-electron chi connectivity index (χ1n) is 8.14. The number of fused-ring (bicyclic) bond motifs is 6. The Hall–Kier alpha value is -2.47. The van der Waals surface area contributed by atoms with Crippen LogP contribution < -0.4 is 0 Å². The number of hydrogen-bond donors (Lipinski definition) is 0. The van der Waals surface area contributed by atoms with Gasteiger partial charge in [-0.1, -0.05) is 48.0 Å². The third kappa shape index (κ3) is 2.24. The molecule has 0 unspecified atom stereocenters. The zero-order valence-electron chi connectivity index (χ0n) is 13.6. The van der Waals surface area contributed by atoms with E-state index in [1.165, 1.54) is 19.9 Å². The predicted octanol–water partition coefficient (Wildman–Crippen LogP) is 5.62.